The third-order valence-corrected chi connectivity index (χ3v) is 3.86. The van der Waals surface area contributed by atoms with Crippen molar-refractivity contribution in [1.29, 1.82) is 0 Å². The number of nitrogens with one attached hydrogen (secondary N) is 1. The topological polar surface area (TPSA) is 30.5 Å². The van der Waals surface area contributed by atoms with Gasteiger partial charge in [-0.3, -0.25) is 0 Å². The van der Waals surface area contributed by atoms with Gasteiger partial charge in [0.2, 0.25) is 5.82 Å². The Labute approximate surface area is 118 Å². The maximum Gasteiger partial charge on any atom is 0.208 e. The first-order valence-electron chi connectivity index (χ1n) is 6.47. The van der Waals surface area contributed by atoms with Gasteiger partial charge in [0.15, 0.2) is 11.5 Å². The summed E-state index contributed by atoms with van der Waals surface area (Å²) in [6, 6.07) is 1.75. The van der Waals surface area contributed by atoms with Gasteiger partial charge in [-0.25, -0.2) is 0 Å². The number of piperidine rings is 1. The maximum absolute atomic E-state index is 14.2. The van der Waals surface area contributed by atoms with Crippen LogP contribution in [-0.4, -0.2) is 27.3 Å². The molecular formula is C14H19ClFNO2. The molecule has 5 heteroatoms. The second kappa shape index (κ2) is 6.44. The van der Waals surface area contributed by atoms with E-state index in [4.69, 9.17) is 21.1 Å². The zero-order valence-corrected chi connectivity index (χ0v) is 12.0. The largest absolute Gasteiger partial charge is 0.493 e. The molecule has 0 spiro atoms. The standard InChI is InChI=1S/C14H19ClFNO2/c1-18-13-10(7-9-3-5-17-6-4-9)8-11(15)14(19-2)12(13)16/h8-9,17H,3-7H2,1-2H3. The Morgan fingerprint density at radius 2 is 1.89 bits per heavy atom. The molecule has 2 rings (SSSR count). The minimum atomic E-state index is -0.513. The van der Waals surface area contributed by atoms with Crippen LogP contribution in [0.1, 0.15) is 18.4 Å². The van der Waals surface area contributed by atoms with Crippen LogP contribution in [-0.2, 0) is 6.42 Å². The fourth-order valence-corrected chi connectivity index (χ4v) is 2.88. The molecule has 1 fully saturated rings. The summed E-state index contributed by atoms with van der Waals surface area (Å²) < 4.78 is 24.4. The molecule has 1 N–H and O–H groups in total. The monoisotopic (exact) mass is 287 g/mol. The molecule has 0 saturated carbocycles. The molecule has 1 aliphatic heterocycles. The number of benzene rings is 1. The molecule has 1 aliphatic rings. The van der Waals surface area contributed by atoms with E-state index in [1.807, 2.05) is 0 Å². The highest BCUT2D eigenvalue weighted by Gasteiger charge is 2.22. The highest BCUT2D eigenvalue weighted by molar-refractivity contribution is 6.32. The van der Waals surface area contributed by atoms with E-state index in [9.17, 15) is 4.39 Å². The lowest BCUT2D eigenvalue weighted by Gasteiger charge is -2.24. The van der Waals surface area contributed by atoms with Gasteiger partial charge in [-0.15, -0.1) is 0 Å². The molecular weight excluding hydrogens is 269 g/mol. The smallest absolute Gasteiger partial charge is 0.208 e. The summed E-state index contributed by atoms with van der Waals surface area (Å²) in [5.41, 5.74) is 0.817. The summed E-state index contributed by atoms with van der Waals surface area (Å²) in [6.45, 7) is 2.03. The van der Waals surface area contributed by atoms with E-state index in [-0.39, 0.29) is 11.5 Å². The quantitative estimate of drug-likeness (QED) is 0.923. The predicted molar refractivity (Wildman–Crippen MR) is 73.8 cm³/mol. The average molecular weight is 288 g/mol. The summed E-state index contributed by atoms with van der Waals surface area (Å²) in [7, 11) is 2.87. The van der Waals surface area contributed by atoms with E-state index in [2.05, 4.69) is 5.32 Å². The van der Waals surface area contributed by atoms with Crippen molar-refractivity contribution in [3.63, 3.8) is 0 Å². The van der Waals surface area contributed by atoms with E-state index in [0.29, 0.717) is 10.9 Å². The molecule has 0 radical (unpaired) electrons. The van der Waals surface area contributed by atoms with Gasteiger partial charge in [0, 0.05) is 0 Å². The van der Waals surface area contributed by atoms with Gasteiger partial charge >= 0.3 is 0 Å². The van der Waals surface area contributed by atoms with Crippen LogP contribution in [0.15, 0.2) is 6.07 Å². The number of methoxy groups -OCH3 is 2. The Balaban J connectivity index is 2.28. The summed E-state index contributed by atoms with van der Waals surface area (Å²) in [4.78, 5) is 0. The highest BCUT2D eigenvalue weighted by Crippen LogP contribution is 2.38. The van der Waals surface area contributed by atoms with Crippen LogP contribution in [0.25, 0.3) is 0 Å². The fourth-order valence-electron chi connectivity index (χ4n) is 2.59. The average Bonchev–Trinajstić information content (AvgIpc) is 2.40. The Hall–Kier alpha value is -1.00. The molecule has 3 nitrogen and oxygen atoms in total. The van der Waals surface area contributed by atoms with Crippen molar-refractivity contribution in [2.75, 3.05) is 27.3 Å². The van der Waals surface area contributed by atoms with E-state index in [0.717, 1.165) is 37.9 Å². The third kappa shape index (κ3) is 3.12. The Kier molecular flexibility index (Phi) is 4.88. The van der Waals surface area contributed by atoms with Crippen LogP contribution in [0.5, 0.6) is 11.5 Å². The molecule has 0 atom stereocenters. The maximum atomic E-state index is 14.2. The fraction of sp³-hybridized carbons (Fsp3) is 0.571. The third-order valence-electron chi connectivity index (χ3n) is 3.58. The van der Waals surface area contributed by atoms with Crippen molar-refractivity contribution in [1.82, 2.24) is 5.32 Å². The lowest BCUT2D eigenvalue weighted by atomic mass is 9.90. The summed E-state index contributed by atoms with van der Waals surface area (Å²) in [5, 5.41) is 3.61. The zero-order valence-electron chi connectivity index (χ0n) is 11.3. The molecule has 1 saturated heterocycles. The molecule has 1 aromatic rings. The van der Waals surface area contributed by atoms with E-state index >= 15 is 0 Å². The predicted octanol–water partition coefficient (Wildman–Crippen LogP) is 3.04. The summed E-state index contributed by atoms with van der Waals surface area (Å²) in [6.07, 6.45) is 2.97. The first-order valence-corrected chi connectivity index (χ1v) is 6.84. The lowest BCUT2D eigenvalue weighted by molar-refractivity contribution is 0.336. The summed E-state index contributed by atoms with van der Waals surface area (Å²) in [5.74, 6) is 0.327. The van der Waals surface area contributed by atoms with Gasteiger partial charge in [-0.05, 0) is 49.9 Å². The van der Waals surface area contributed by atoms with Crippen LogP contribution in [0.2, 0.25) is 5.02 Å². The van der Waals surface area contributed by atoms with Gasteiger partial charge in [-0.1, -0.05) is 11.6 Å². The van der Waals surface area contributed by atoms with E-state index < -0.39 is 5.82 Å². The van der Waals surface area contributed by atoms with Gasteiger partial charge in [0.1, 0.15) is 0 Å². The number of halogens is 2. The van der Waals surface area contributed by atoms with Crippen molar-refractivity contribution in [2.24, 2.45) is 5.92 Å². The first kappa shape index (κ1) is 14.4. The van der Waals surface area contributed by atoms with E-state index in [1.54, 1.807) is 6.07 Å². The molecule has 19 heavy (non-hydrogen) atoms. The second-order valence-corrected chi connectivity index (χ2v) is 5.20. The van der Waals surface area contributed by atoms with Crippen LogP contribution in [0.4, 0.5) is 4.39 Å². The molecule has 0 aliphatic carbocycles. The SMILES string of the molecule is COc1c(Cl)cc(CC2CCNCC2)c(OC)c1F. The number of rotatable bonds is 4. The number of ether oxygens (including phenoxy) is 2. The molecule has 0 bridgehead atoms. The van der Waals surface area contributed by atoms with Gasteiger partial charge in [0.05, 0.1) is 19.2 Å². The van der Waals surface area contributed by atoms with E-state index in [1.165, 1.54) is 14.2 Å². The number of hydrogen-bond donors (Lipinski definition) is 1. The normalized spacial score (nSPS) is 16.4. The molecule has 0 unspecified atom stereocenters. The van der Waals surface area contributed by atoms with Crippen molar-refractivity contribution < 1.29 is 13.9 Å². The molecule has 0 aromatic heterocycles. The van der Waals surface area contributed by atoms with Crippen LogP contribution < -0.4 is 14.8 Å². The van der Waals surface area contributed by atoms with Gasteiger partial charge in [0.25, 0.3) is 0 Å². The molecule has 1 aromatic carbocycles. The van der Waals surface area contributed by atoms with Crippen molar-refractivity contribution in [3.05, 3.63) is 22.5 Å². The van der Waals surface area contributed by atoms with Crippen molar-refractivity contribution >= 4 is 11.6 Å². The van der Waals surface area contributed by atoms with Crippen LogP contribution in [0.3, 0.4) is 0 Å². The molecule has 1 heterocycles. The van der Waals surface area contributed by atoms with Gasteiger partial charge < -0.3 is 14.8 Å². The summed E-state index contributed by atoms with van der Waals surface area (Å²) >= 11 is 6.05. The molecule has 0 amide bonds. The second-order valence-electron chi connectivity index (χ2n) is 4.80. The minimum Gasteiger partial charge on any atom is -0.493 e. The zero-order chi connectivity index (χ0) is 13.8. The Bertz CT molecular complexity index is 448. The lowest BCUT2D eigenvalue weighted by Crippen LogP contribution is -2.28. The minimum absolute atomic E-state index is 0.0487. The van der Waals surface area contributed by atoms with Crippen molar-refractivity contribution in [3.8, 4) is 11.5 Å². The Morgan fingerprint density at radius 1 is 1.26 bits per heavy atom. The molecule has 106 valence electrons. The Morgan fingerprint density at radius 3 is 2.47 bits per heavy atom. The van der Waals surface area contributed by atoms with Gasteiger partial charge in [-0.2, -0.15) is 4.39 Å². The number of hydrogen-bond acceptors (Lipinski definition) is 3. The van der Waals surface area contributed by atoms with Crippen LogP contribution >= 0.6 is 11.6 Å². The van der Waals surface area contributed by atoms with Crippen LogP contribution in [0, 0.1) is 11.7 Å². The van der Waals surface area contributed by atoms with Crippen molar-refractivity contribution in [2.45, 2.75) is 19.3 Å². The first-order chi connectivity index (χ1) is 9.17. The highest BCUT2D eigenvalue weighted by atomic mass is 35.5.